The molecule has 0 spiro atoms. The van der Waals surface area contributed by atoms with Crippen molar-refractivity contribution in [2.75, 3.05) is 5.32 Å². The Morgan fingerprint density at radius 3 is 2.55 bits per heavy atom. The van der Waals surface area contributed by atoms with E-state index in [0.717, 1.165) is 10.9 Å². The molecule has 0 aliphatic rings. The third-order valence-electron chi connectivity index (χ3n) is 5.92. The minimum atomic E-state index is -0.721. The van der Waals surface area contributed by atoms with Gasteiger partial charge in [-0.3, -0.25) is 19.0 Å². The highest BCUT2D eigenvalue weighted by atomic mass is 19.1. The molecule has 5 aromatic rings. The fourth-order valence-electron chi connectivity index (χ4n) is 3.86. The summed E-state index contributed by atoms with van der Waals surface area (Å²) in [5.74, 6) is -0.108. The molecular formula is C27H22BFN6O3. The molecule has 9 nitrogen and oxygen atoms in total. The summed E-state index contributed by atoms with van der Waals surface area (Å²) in [5.41, 5.74) is 1.14. The highest BCUT2D eigenvalue weighted by Crippen LogP contribution is 2.24. The van der Waals surface area contributed by atoms with Crippen LogP contribution >= 0.6 is 0 Å². The predicted octanol–water partition coefficient (Wildman–Crippen LogP) is 3.75. The van der Waals surface area contributed by atoms with Gasteiger partial charge >= 0.3 is 0 Å². The maximum atomic E-state index is 13.4. The summed E-state index contributed by atoms with van der Waals surface area (Å²) < 4.78 is 22.5. The Bertz CT molecular complexity index is 1710. The summed E-state index contributed by atoms with van der Waals surface area (Å²) in [5, 5.41) is 11.9. The molecule has 0 saturated carbocycles. The van der Waals surface area contributed by atoms with Crippen molar-refractivity contribution in [3.05, 3.63) is 88.9 Å². The highest BCUT2D eigenvalue weighted by Gasteiger charge is 2.20. The molecule has 2 aromatic carbocycles. The number of aromatic nitrogens is 5. The quantitative estimate of drug-likeness (QED) is 0.351. The first-order valence-electron chi connectivity index (χ1n) is 11.8. The molecule has 1 N–H and O–H groups in total. The van der Waals surface area contributed by atoms with Crippen molar-refractivity contribution in [3.8, 4) is 22.6 Å². The molecule has 3 aromatic heterocycles. The third kappa shape index (κ3) is 4.90. The molecule has 5 rings (SSSR count). The zero-order chi connectivity index (χ0) is 27.0. The van der Waals surface area contributed by atoms with Crippen molar-refractivity contribution in [1.82, 2.24) is 24.5 Å². The van der Waals surface area contributed by atoms with Gasteiger partial charge in [-0.25, -0.2) is 9.37 Å². The van der Waals surface area contributed by atoms with Crippen LogP contribution in [0.5, 0.6) is 11.5 Å². The van der Waals surface area contributed by atoms with Gasteiger partial charge in [0.2, 0.25) is 5.43 Å². The Hall–Kier alpha value is -4.80. The molecular weight excluding hydrogens is 486 g/mol. The van der Waals surface area contributed by atoms with Crippen molar-refractivity contribution in [2.24, 2.45) is 7.05 Å². The van der Waals surface area contributed by atoms with Crippen molar-refractivity contribution >= 4 is 35.9 Å². The third-order valence-corrected chi connectivity index (χ3v) is 5.92. The van der Waals surface area contributed by atoms with Crippen molar-refractivity contribution in [1.29, 1.82) is 0 Å². The second-order valence-corrected chi connectivity index (χ2v) is 8.95. The molecule has 0 atom stereocenters. The molecule has 0 unspecified atom stereocenters. The van der Waals surface area contributed by atoms with E-state index >= 15 is 0 Å². The van der Waals surface area contributed by atoms with Gasteiger partial charge in [-0.2, -0.15) is 10.2 Å². The van der Waals surface area contributed by atoms with E-state index < -0.39 is 17.2 Å². The number of fused-ring (bicyclic) bond motifs is 1. The molecule has 38 heavy (non-hydrogen) atoms. The summed E-state index contributed by atoms with van der Waals surface area (Å²) in [4.78, 5) is 30.4. The van der Waals surface area contributed by atoms with Crippen LogP contribution in [0.3, 0.4) is 0 Å². The van der Waals surface area contributed by atoms with Gasteiger partial charge in [-0.05, 0) is 55.8 Å². The van der Waals surface area contributed by atoms with Gasteiger partial charge in [-0.1, -0.05) is 17.6 Å². The Kier molecular flexibility index (Phi) is 6.50. The van der Waals surface area contributed by atoms with Crippen molar-refractivity contribution in [3.63, 3.8) is 0 Å². The van der Waals surface area contributed by atoms with Gasteiger partial charge in [-0.15, -0.1) is 0 Å². The number of pyridine rings is 1. The molecule has 1 amide bonds. The fourth-order valence-corrected chi connectivity index (χ4v) is 3.86. The highest BCUT2D eigenvalue weighted by molar-refractivity contribution is 6.35. The molecule has 11 heteroatoms. The molecule has 188 valence electrons. The summed E-state index contributed by atoms with van der Waals surface area (Å²) in [6.45, 7) is 3.74. The van der Waals surface area contributed by atoms with E-state index in [-0.39, 0.29) is 23.1 Å². The number of amides is 1. The molecule has 0 saturated heterocycles. The standard InChI is InChI=1S/C27H22BFN6O3/c1-15(2)35-14-20(16-4-6-18(29)7-5-16)26(36)25(33-35)27(37)32-24-9-8-19(13-30-24)38-23-10-17-12-31-34(3)22(17)11-21(23)28/h4-15H,1-3H3,(H,30,32,37). The zero-order valence-corrected chi connectivity index (χ0v) is 20.8. The summed E-state index contributed by atoms with van der Waals surface area (Å²) in [7, 11) is 7.96. The predicted molar refractivity (Wildman–Crippen MR) is 143 cm³/mol. The number of nitrogens with one attached hydrogen (secondary N) is 1. The number of ether oxygens (including phenoxy) is 1. The van der Waals surface area contributed by atoms with Crippen LogP contribution in [-0.4, -0.2) is 38.3 Å². The van der Waals surface area contributed by atoms with Crippen LogP contribution in [0.15, 0.2) is 71.9 Å². The SMILES string of the molecule is [B]c1cc2c(cnn2C)cc1Oc1ccc(NC(=O)c2nn(C(C)C)cc(-c3ccc(F)cc3)c2=O)nc1. The van der Waals surface area contributed by atoms with Crippen LogP contribution in [0.1, 0.15) is 30.4 Å². The molecule has 0 bridgehead atoms. The Morgan fingerprint density at radius 2 is 1.87 bits per heavy atom. The lowest BCUT2D eigenvalue weighted by Crippen LogP contribution is -2.28. The van der Waals surface area contributed by atoms with Crippen LogP contribution in [0.25, 0.3) is 22.0 Å². The topological polar surface area (TPSA) is 104 Å². The largest absolute Gasteiger partial charge is 0.456 e. The summed E-state index contributed by atoms with van der Waals surface area (Å²) in [6, 6.07) is 12.1. The average Bonchev–Trinajstić information content (AvgIpc) is 3.25. The van der Waals surface area contributed by atoms with Crippen molar-refractivity contribution in [2.45, 2.75) is 19.9 Å². The number of halogens is 1. The minimum Gasteiger partial charge on any atom is -0.456 e. The van der Waals surface area contributed by atoms with Crippen LogP contribution in [0.4, 0.5) is 10.2 Å². The van der Waals surface area contributed by atoms with Crippen molar-refractivity contribution < 1.29 is 13.9 Å². The minimum absolute atomic E-state index is 0.130. The molecule has 0 aliphatic carbocycles. The first-order chi connectivity index (χ1) is 18.2. The number of hydrogen-bond donors (Lipinski definition) is 1. The van der Waals surface area contributed by atoms with E-state index in [9.17, 15) is 14.0 Å². The van der Waals surface area contributed by atoms with E-state index in [2.05, 4.69) is 20.5 Å². The zero-order valence-electron chi connectivity index (χ0n) is 20.8. The van der Waals surface area contributed by atoms with E-state index in [1.54, 1.807) is 35.3 Å². The lowest BCUT2D eigenvalue weighted by Gasteiger charge is -2.14. The first-order valence-corrected chi connectivity index (χ1v) is 11.8. The normalized spacial score (nSPS) is 11.2. The maximum absolute atomic E-state index is 13.4. The Labute approximate surface area is 218 Å². The first kappa shape index (κ1) is 24.9. The van der Waals surface area contributed by atoms with Gasteiger partial charge in [0.05, 0.1) is 17.9 Å². The van der Waals surface area contributed by atoms with Gasteiger partial charge in [0.1, 0.15) is 31.0 Å². The lowest BCUT2D eigenvalue weighted by molar-refractivity contribution is 0.101. The fraction of sp³-hybridized carbons (Fsp3) is 0.148. The number of hydrogen-bond acceptors (Lipinski definition) is 6. The number of anilines is 1. The monoisotopic (exact) mass is 508 g/mol. The number of benzene rings is 2. The van der Waals surface area contributed by atoms with Gasteiger partial charge < -0.3 is 10.1 Å². The van der Waals surface area contributed by atoms with E-state index in [4.69, 9.17) is 12.6 Å². The van der Waals surface area contributed by atoms with Crippen LogP contribution in [0, 0.1) is 5.82 Å². The lowest BCUT2D eigenvalue weighted by atomic mass is 9.94. The van der Waals surface area contributed by atoms with Gasteiger partial charge in [0.15, 0.2) is 5.69 Å². The molecule has 3 heterocycles. The number of aryl methyl sites for hydroxylation is 1. The van der Waals surface area contributed by atoms with Crippen LogP contribution in [-0.2, 0) is 7.05 Å². The Morgan fingerprint density at radius 1 is 1.11 bits per heavy atom. The van der Waals surface area contributed by atoms with E-state index in [1.807, 2.05) is 20.9 Å². The average molecular weight is 508 g/mol. The van der Waals surface area contributed by atoms with E-state index in [0.29, 0.717) is 22.5 Å². The summed E-state index contributed by atoms with van der Waals surface area (Å²) >= 11 is 0. The maximum Gasteiger partial charge on any atom is 0.281 e. The van der Waals surface area contributed by atoms with Gasteiger partial charge in [0.25, 0.3) is 5.91 Å². The second kappa shape index (κ2) is 9.93. The number of carbonyl (C=O) groups excluding carboxylic acids is 1. The van der Waals surface area contributed by atoms with Gasteiger partial charge in [0, 0.05) is 30.2 Å². The smallest absolute Gasteiger partial charge is 0.281 e. The molecule has 0 aliphatic heterocycles. The molecule has 0 fully saturated rings. The Balaban J connectivity index is 1.38. The number of carbonyl (C=O) groups is 1. The number of nitrogens with zero attached hydrogens (tertiary/aromatic N) is 5. The van der Waals surface area contributed by atoms with E-state index in [1.165, 1.54) is 41.2 Å². The second-order valence-electron chi connectivity index (χ2n) is 8.95. The summed E-state index contributed by atoms with van der Waals surface area (Å²) in [6.07, 6.45) is 4.69. The number of rotatable bonds is 6. The van der Waals surface area contributed by atoms with Crippen LogP contribution in [0.2, 0.25) is 0 Å². The van der Waals surface area contributed by atoms with Crippen LogP contribution < -0.4 is 20.9 Å². The molecule has 2 radical (unpaired) electrons.